The Morgan fingerprint density at radius 2 is 2.18 bits per heavy atom. The van der Waals surface area contributed by atoms with E-state index in [0.717, 1.165) is 19.4 Å². The topological polar surface area (TPSA) is 75.3 Å². The lowest BCUT2D eigenvalue weighted by molar-refractivity contribution is -0.125. The van der Waals surface area contributed by atoms with Crippen LogP contribution < -0.4 is 10.6 Å². The third kappa shape index (κ3) is 5.04. The third-order valence-corrected chi connectivity index (χ3v) is 4.10. The lowest BCUT2D eigenvalue weighted by Crippen LogP contribution is -2.53. The minimum Gasteiger partial charge on any atom is -0.351 e. The molecule has 3 atom stereocenters. The molecule has 100 valence electrons. The molecule has 0 aromatic heterocycles. The lowest BCUT2D eigenvalue weighted by atomic mass is 9.92. The highest BCUT2D eigenvalue weighted by Crippen LogP contribution is 2.15. The number of sulfone groups is 1. The highest BCUT2D eigenvalue weighted by molar-refractivity contribution is 7.90. The maximum Gasteiger partial charge on any atom is 0.237 e. The number of amides is 1. The first-order valence-corrected chi connectivity index (χ1v) is 8.07. The summed E-state index contributed by atoms with van der Waals surface area (Å²) in [5.74, 6) is 0.197. The molecule has 1 heterocycles. The van der Waals surface area contributed by atoms with Gasteiger partial charge >= 0.3 is 0 Å². The summed E-state index contributed by atoms with van der Waals surface area (Å²) in [5, 5.41) is 5.93. The van der Waals surface area contributed by atoms with E-state index in [0.29, 0.717) is 5.92 Å². The number of hydrogen-bond acceptors (Lipinski definition) is 4. The van der Waals surface area contributed by atoms with Crippen molar-refractivity contribution < 1.29 is 13.2 Å². The first kappa shape index (κ1) is 14.4. The first-order valence-electron chi connectivity index (χ1n) is 6.01. The Kier molecular flexibility index (Phi) is 4.94. The SMILES string of the molecule is CC(CS(C)(=O)=O)NC(=O)C1NCCCC1C. The molecular weight excluding hydrogens is 240 g/mol. The second kappa shape index (κ2) is 5.82. The van der Waals surface area contributed by atoms with Crippen molar-refractivity contribution in [3.05, 3.63) is 0 Å². The Hall–Kier alpha value is -0.620. The fourth-order valence-corrected chi connectivity index (χ4v) is 3.22. The molecule has 0 aliphatic carbocycles. The van der Waals surface area contributed by atoms with Crippen LogP contribution in [0.2, 0.25) is 0 Å². The highest BCUT2D eigenvalue weighted by atomic mass is 32.2. The Morgan fingerprint density at radius 3 is 2.71 bits per heavy atom. The summed E-state index contributed by atoms with van der Waals surface area (Å²) < 4.78 is 22.2. The summed E-state index contributed by atoms with van der Waals surface area (Å²) in [5.41, 5.74) is 0. The molecule has 1 aliphatic rings. The zero-order chi connectivity index (χ0) is 13.1. The number of piperidine rings is 1. The van der Waals surface area contributed by atoms with Gasteiger partial charge in [0.15, 0.2) is 0 Å². The van der Waals surface area contributed by atoms with Gasteiger partial charge in [0.1, 0.15) is 9.84 Å². The van der Waals surface area contributed by atoms with Crippen molar-refractivity contribution in [2.45, 2.75) is 38.8 Å². The van der Waals surface area contributed by atoms with Crippen LogP contribution in [0.4, 0.5) is 0 Å². The second-order valence-corrected chi connectivity index (χ2v) is 7.24. The summed E-state index contributed by atoms with van der Waals surface area (Å²) in [6, 6.07) is -0.529. The summed E-state index contributed by atoms with van der Waals surface area (Å²) in [4.78, 5) is 11.9. The van der Waals surface area contributed by atoms with Gasteiger partial charge in [-0.2, -0.15) is 0 Å². The smallest absolute Gasteiger partial charge is 0.237 e. The average molecular weight is 262 g/mol. The average Bonchev–Trinajstić information content (AvgIpc) is 2.14. The number of hydrogen-bond donors (Lipinski definition) is 2. The maximum atomic E-state index is 11.9. The first-order chi connectivity index (χ1) is 7.79. The fourth-order valence-electron chi connectivity index (χ4n) is 2.23. The molecule has 1 aliphatic heterocycles. The van der Waals surface area contributed by atoms with Gasteiger partial charge < -0.3 is 10.6 Å². The molecule has 5 nitrogen and oxygen atoms in total. The van der Waals surface area contributed by atoms with E-state index in [1.165, 1.54) is 6.26 Å². The van der Waals surface area contributed by atoms with Crippen LogP contribution in [0, 0.1) is 5.92 Å². The predicted molar refractivity (Wildman–Crippen MR) is 67.5 cm³/mol. The fraction of sp³-hybridized carbons (Fsp3) is 0.909. The van der Waals surface area contributed by atoms with Gasteiger partial charge in [0, 0.05) is 12.3 Å². The summed E-state index contributed by atoms with van der Waals surface area (Å²) in [6.45, 7) is 4.60. The molecule has 0 aromatic rings. The zero-order valence-corrected chi connectivity index (χ0v) is 11.5. The second-order valence-electron chi connectivity index (χ2n) is 5.05. The van der Waals surface area contributed by atoms with Gasteiger partial charge in [0.2, 0.25) is 5.91 Å². The summed E-state index contributed by atoms with van der Waals surface area (Å²) >= 11 is 0. The van der Waals surface area contributed by atoms with E-state index in [1.807, 2.05) is 6.92 Å². The van der Waals surface area contributed by atoms with Crippen molar-refractivity contribution in [1.29, 1.82) is 0 Å². The van der Waals surface area contributed by atoms with Crippen LogP contribution in [-0.4, -0.2) is 45.0 Å². The summed E-state index contributed by atoms with van der Waals surface area (Å²) in [6.07, 6.45) is 3.30. The monoisotopic (exact) mass is 262 g/mol. The van der Waals surface area contributed by atoms with E-state index >= 15 is 0 Å². The van der Waals surface area contributed by atoms with Gasteiger partial charge in [-0.3, -0.25) is 4.79 Å². The van der Waals surface area contributed by atoms with Gasteiger partial charge in [0.05, 0.1) is 11.8 Å². The van der Waals surface area contributed by atoms with Gasteiger partial charge in [-0.15, -0.1) is 0 Å². The van der Waals surface area contributed by atoms with Crippen LogP contribution in [0.3, 0.4) is 0 Å². The van der Waals surface area contributed by atoms with Crippen molar-refractivity contribution >= 4 is 15.7 Å². The number of carbonyl (C=O) groups is 1. The molecule has 1 fully saturated rings. The van der Waals surface area contributed by atoms with Crippen LogP contribution in [-0.2, 0) is 14.6 Å². The molecule has 2 N–H and O–H groups in total. The predicted octanol–water partition coefficient (Wildman–Crippen LogP) is -0.0762. The highest BCUT2D eigenvalue weighted by Gasteiger charge is 2.28. The molecule has 0 radical (unpaired) electrons. The van der Waals surface area contributed by atoms with E-state index in [2.05, 4.69) is 10.6 Å². The molecule has 1 rings (SSSR count). The van der Waals surface area contributed by atoms with E-state index in [9.17, 15) is 13.2 Å². The molecule has 3 unspecified atom stereocenters. The van der Waals surface area contributed by atoms with E-state index in [-0.39, 0.29) is 23.7 Å². The molecule has 1 saturated heterocycles. The minimum atomic E-state index is -3.05. The van der Waals surface area contributed by atoms with E-state index in [4.69, 9.17) is 0 Å². The summed E-state index contributed by atoms with van der Waals surface area (Å²) in [7, 11) is -3.05. The van der Waals surface area contributed by atoms with Crippen LogP contribution in [0.1, 0.15) is 26.7 Å². The standard InChI is InChI=1S/C11H22N2O3S/c1-8-5-4-6-12-10(8)11(14)13-9(2)7-17(3,15)16/h8-10,12H,4-7H2,1-3H3,(H,13,14). The molecule has 1 amide bonds. The third-order valence-electron chi connectivity index (χ3n) is 2.99. The normalized spacial score (nSPS) is 27.5. The van der Waals surface area contributed by atoms with E-state index < -0.39 is 9.84 Å². The number of carbonyl (C=O) groups excluding carboxylic acids is 1. The van der Waals surface area contributed by atoms with Crippen LogP contribution >= 0.6 is 0 Å². The number of nitrogens with one attached hydrogen (secondary N) is 2. The van der Waals surface area contributed by atoms with Crippen molar-refractivity contribution in [2.24, 2.45) is 5.92 Å². The van der Waals surface area contributed by atoms with Gasteiger partial charge in [0.25, 0.3) is 0 Å². The van der Waals surface area contributed by atoms with Crippen LogP contribution in [0.5, 0.6) is 0 Å². The minimum absolute atomic E-state index is 0.0140. The molecule has 6 heteroatoms. The largest absolute Gasteiger partial charge is 0.351 e. The van der Waals surface area contributed by atoms with Crippen LogP contribution in [0.25, 0.3) is 0 Å². The molecule has 0 aromatic carbocycles. The Morgan fingerprint density at radius 1 is 1.53 bits per heavy atom. The van der Waals surface area contributed by atoms with Crippen molar-refractivity contribution in [3.63, 3.8) is 0 Å². The van der Waals surface area contributed by atoms with Crippen LogP contribution in [0.15, 0.2) is 0 Å². The molecule has 0 spiro atoms. The Bertz CT molecular complexity index is 367. The maximum absolute atomic E-state index is 11.9. The molecule has 0 bridgehead atoms. The van der Waals surface area contributed by atoms with E-state index in [1.54, 1.807) is 6.92 Å². The quantitative estimate of drug-likeness (QED) is 0.743. The molecular formula is C11H22N2O3S. The van der Waals surface area contributed by atoms with Gasteiger partial charge in [-0.05, 0) is 32.2 Å². The Balaban J connectivity index is 2.48. The number of rotatable bonds is 4. The van der Waals surface area contributed by atoms with Gasteiger partial charge in [-0.25, -0.2) is 8.42 Å². The lowest BCUT2D eigenvalue weighted by Gasteiger charge is -2.30. The van der Waals surface area contributed by atoms with Crippen molar-refractivity contribution in [1.82, 2.24) is 10.6 Å². The molecule has 0 saturated carbocycles. The van der Waals surface area contributed by atoms with Crippen molar-refractivity contribution in [3.8, 4) is 0 Å². The van der Waals surface area contributed by atoms with Gasteiger partial charge in [-0.1, -0.05) is 6.92 Å². The zero-order valence-electron chi connectivity index (χ0n) is 10.7. The van der Waals surface area contributed by atoms with Crippen molar-refractivity contribution in [2.75, 3.05) is 18.6 Å². The Labute approximate surface area is 103 Å². The molecule has 17 heavy (non-hydrogen) atoms.